The van der Waals surface area contributed by atoms with Crippen molar-refractivity contribution < 1.29 is 19.2 Å². The standard InChI is InChI=1S/C18H17NO5/c1-3-24-18(20)12-16(13-8-10-14(23-2)11-9-13)15-6-4-5-7-17(15)19(21)22/h4-12H,3H2,1-2H3/b16-12+. The maximum absolute atomic E-state index is 11.9. The van der Waals surface area contributed by atoms with E-state index >= 15 is 0 Å². The summed E-state index contributed by atoms with van der Waals surface area (Å²) < 4.78 is 10.1. The number of hydrogen-bond donors (Lipinski definition) is 0. The molecule has 0 radical (unpaired) electrons. The van der Waals surface area contributed by atoms with E-state index in [2.05, 4.69) is 0 Å². The second-order valence-electron chi connectivity index (χ2n) is 4.81. The third-order valence-electron chi connectivity index (χ3n) is 3.34. The maximum atomic E-state index is 11.9. The zero-order chi connectivity index (χ0) is 17.5. The molecule has 24 heavy (non-hydrogen) atoms. The lowest BCUT2D eigenvalue weighted by Crippen LogP contribution is -2.03. The molecule has 6 nitrogen and oxygen atoms in total. The van der Waals surface area contributed by atoms with Crippen LogP contribution in [0.1, 0.15) is 18.1 Å². The van der Waals surface area contributed by atoms with Gasteiger partial charge in [-0.1, -0.05) is 24.3 Å². The Kier molecular flexibility index (Phi) is 5.68. The monoisotopic (exact) mass is 327 g/mol. The summed E-state index contributed by atoms with van der Waals surface area (Å²) in [6.45, 7) is 1.92. The summed E-state index contributed by atoms with van der Waals surface area (Å²) in [5, 5.41) is 11.3. The first-order valence-electron chi connectivity index (χ1n) is 7.33. The van der Waals surface area contributed by atoms with Gasteiger partial charge >= 0.3 is 5.97 Å². The van der Waals surface area contributed by atoms with Crippen molar-refractivity contribution in [3.63, 3.8) is 0 Å². The van der Waals surface area contributed by atoms with Crippen LogP contribution >= 0.6 is 0 Å². The smallest absolute Gasteiger partial charge is 0.331 e. The first-order valence-corrected chi connectivity index (χ1v) is 7.33. The number of nitrogens with zero attached hydrogens (tertiary/aromatic N) is 1. The van der Waals surface area contributed by atoms with Crippen LogP contribution in [0, 0.1) is 10.1 Å². The molecule has 0 saturated heterocycles. The minimum Gasteiger partial charge on any atom is -0.497 e. The van der Waals surface area contributed by atoms with E-state index in [4.69, 9.17) is 9.47 Å². The molecule has 6 heteroatoms. The number of esters is 1. The van der Waals surface area contributed by atoms with E-state index in [1.54, 1.807) is 56.5 Å². The Labute approximate surface area is 139 Å². The summed E-state index contributed by atoms with van der Waals surface area (Å²) in [5.74, 6) is 0.0956. The van der Waals surface area contributed by atoms with Gasteiger partial charge in [-0.2, -0.15) is 0 Å². The fourth-order valence-electron chi connectivity index (χ4n) is 2.25. The Bertz CT molecular complexity index is 765. The molecule has 2 aromatic carbocycles. The van der Waals surface area contributed by atoms with E-state index in [1.165, 1.54) is 12.1 Å². The van der Waals surface area contributed by atoms with Crippen LogP contribution in [0.5, 0.6) is 5.75 Å². The topological polar surface area (TPSA) is 78.7 Å². The number of para-hydroxylation sites is 1. The molecular weight excluding hydrogens is 310 g/mol. The number of hydrogen-bond acceptors (Lipinski definition) is 5. The minimum atomic E-state index is -0.554. The van der Waals surface area contributed by atoms with Crippen LogP contribution in [0.2, 0.25) is 0 Å². The van der Waals surface area contributed by atoms with Gasteiger partial charge in [0.2, 0.25) is 0 Å². The third-order valence-corrected chi connectivity index (χ3v) is 3.34. The van der Waals surface area contributed by atoms with Crippen LogP contribution in [0.25, 0.3) is 5.57 Å². The van der Waals surface area contributed by atoms with Gasteiger partial charge in [0, 0.05) is 17.7 Å². The number of carbonyl (C=O) groups excluding carboxylic acids is 1. The quantitative estimate of drug-likeness (QED) is 0.350. The highest BCUT2D eigenvalue weighted by molar-refractivity contribution is 5.97. The van der Waals surface area contributed by atoms with E-state index in [-0.39, 0.29) is 12.3 Å². The van der Waals surface area contributed by atoms with Crippen LogP contribution in [-0.2, 0) is 9.53 Å². The first kappa shape index (κ1) is 17.2. The molecule has 0 amide bonds. The zero-order valence-corrected chi connectivity index (χ0v) is 13.4. The van der Waals surface area contributed by atoms with Crippen molar-refractivity contribution in [1.29, 1.82) is 0 Å². The van der Waals surface area contributed by atoms with Gasteiger partial charge < -0.3 is 9.47 Å². The predicted octanol–water partition coefficient (Wildman–Crippen LogP) is 3.60. The fraction of sp³-hybridized carbons (Fsp3) is 0.167. The van der Waals surface area contributed by atoms with Crippen molar-refractivity contribution in [2.24, 2.45) is 0 Å². The Balaban J connectivity index is 2.59. The lowest BCUT2D eigenvalue weighted by Gasteiger charge is -2.10. The molecule has 0 unspecified atom stereocenters. The molecule has 2 rings (SSSR count). The van der Waals surface area contributed by atoms with Gasteiger partial charge in [0.15, 0.2) is 0 Å². The first-order chi connectivity index (χ1) is 11.6. The summed E-state index contributed by atoms with van der Waals surface area (Å²) >= 11 is 0. The van der Waals surface area contributed by atoms with E-state index < -0.39 is 10.9 Å². The fourth-order valence-corrected chi connectivity index (χ4v) is 2.25. The van der Waals surface area contributed by atoms with Crippen molar-refractivity contribution in [3.8, 4) is 5.75 Å². The lowest BCUT2D eigenvalue weighted by atomic mass is 9.96. The second kappa shape index (κ2) is 7.92. The molecule has 0 saturated carbocycles. The van der Waals surface area contributed by atoms with Gasteiger partial charge in [-0.05, 0) is 30.7 Å². The normalized spacial score (nSPS) is 11.0. The van der Waals surface area contributed by atoms with Crippen molar-refractivity contribution >= 4 is 17.2 Å². The van der Waals surface area contributed by atoms with Crippen LogP contribution in [0.4, 0.5) is 5.69 Å². The van der Waals surface area contributed by atoms with Gasteiger partial charge in [-0.15, -0.1) is 0 Å². The Hall–Kier alpha value is -3.15. The summed E-state index contributed by atoms with van der Waals surface area (Å²) in [6, 6.07) is 13.2. The molecule has 0 spiro atoms. The lowest BCUT2D eigenvalue weighted by molar-refractivity contribution is -0.385. The second-order valence-corrected chi connectivity index (χ2v) is 4.81. The predicted molar refractivity (Wildman–Crippen MR) is 89.8 cm³/mol. The molecule has 0 aliphatic carbocycles. The molecule has 124 valence electrons. The van der Waals surface area contributed by atoms with Crippen LogP contribution < -0.4 is 4.74 Å². The average Bonchev–Trinajstić information content (AvgIpc) is 2.60. The number of rotatable bonds is 6. The van der Waals surface area contributed by atoms with Gasteiger partial charge in [0.1, 0.15) is 5.75 Å². The van der Waals surface area contributed by atoms with Crippen molar-refractivity contribution in [3.05, 3.63) is 75.8 Å². The highest BCUT2D eigenvalue weighted by Gasteiger charge is 2.19. The van der Waals surface area contributed by atoms with E-state index in [0.29, 0.717) is 22.4 Å². The van der Waals surface area contributed by atoms with Gasteiger partial charge in [0.05, 0.1) is 24.2 Å². The molecule has 0 aromatic heterocycles. The summed E-state index contributed by atoms with van der Waals surface area (Å²) in [5.41, 5.74) is 1.34. The highest BCUT2D eigenvalue weighted by Crippen LogP contribution is 2.31. The van der Waals surface area contributed by atoms with E-state index in [0.717, 1.165) is 0 Å². The van der Waals surface area contributed by atoms with E-state index in [9.17, 15) is 14.9 Å². The molecular formula is C18H17NO5. The van der Waals surface area contributed by atoms with Crippen LogP contribution in [0.3, 0.4) is 0 Å². The Morgan fingerprint density at radius 1 is 1.17 bits per heavy atom. The number of methoxy groups -OCH3 is 1. The summed E-state index contributed by atoms with van der Waals surface area (Å²) in [7, 11) is 1.55. The molecule has 0 fully saturated rings. The molecule has 0 heterocycles. The Morgan fingerprint density at radius 3 is 2.42 bits per heavy atom. The summed E-state index contributed by atoms with van der Waals surface area (Å²) in [4.78, 5) is 22.7. The van der Waals surface area contributed by atoms with Gasteiger partial charge in [-0.3, -0.25) is 10.1 Å². The molecule has 2 aromatic rings. The molecule has 0 N–H and O–H groups in total. The average molecular weight is 327 g/mol. The summed E-state index contributed by atoms with van der Waals surface area (Å²) in [6.07, 6.45) is 1.27. The van der Waals surface area contributed by atoms with Crippen molar-refractivity contribution in [2.45, 2.75) is 6.92 Å². The molecule has 0 atom stereocenters. The van der Waals surface area contributed by atoms with Crippen molar-refractivity contribution in [1.82, 2.24) is 0 Å². The van der Waals surface area contributed by atoms with E-state index in [1.807, 2.05) is 0 Å². The number of benzene rings is 2. The minimum absolute atomic E-state index is 0.0798. The largest absolute Gasteiger partial charge is 0.497 e. The zero-order valence-electron chi connectivity index (χ0n) is 13.4. The SMILES string of the molecule is CCOC(=O)/C=C(\c1ccc(OC)cc1)c1ccccc1[N+](=O)[O-]. The van der Waals surface area contributed by atoms with Gasteiger partial charge in [0.25, 0.3) is 5.69 Å². The number of carbonyl (C=O) groups is 1. The number of ether oxygens (including phenoxy) is 2. The highest BCUT2D eigenvalue weighted by atomic mass is 16.6. The van der Waals surface area contributed by atoms with Crippen LogP contribution in [-0.4, -0.2) is 24.6 Å². The van der Waals surface area contributed by atoms with Crippen LogP contribution in [0.15, 0.2) is 54.6 Å². The number of nitro benzene ring substituents is 1. The molecule has 0 aliphatic rings. The molecule has 0 aliphatic heterocycles. The molecule has 0 bridgehead atoms. The number of nitro groups is 1. The Morgan fingerprint density at radius 2 is 1.83 bits per heavy atom. The maximum Gasteiger partial charge on any atom is 0.331 e. The van der Waals surface area contributed by atoms with Crippen molar-refractivity contribution in [2.75, 3.05) is 13.7 Å². The van der Waals surface area contributed by atoms with Gasteiger partial charge in [-0.25, -0.2) is 4.79 Å². The third kappa shape index (κ3) is 3.98.